The Morgan fingerprint density at radius 2 is 2.17 bits per heavy atom. The van der Waals surface area contributed by atoms with Gasteiger partial charge < -0.3 is 14.8 Å². The zero-order chi connectivity index (χ0) is 13.6. The highest BCUT2D eigenvalue weighted by Gasteiger charge is 2.26. The highest BCUT2D eigenvalue weighted by atomic mass is 16.4. The Balaban J connectivity index is 2.43. The van der Waals surface area contributed by atoms with Gasteiger partial charge in [0.1, 0.15) is 11.4 Å². The van der Waals surface area contributed by atoms with Gasteiger partial charge in [-0.2, -0.15) is 0 Å². The Morgan fingerprint density at radius 1 is 1.50 bits per heavy atom. The Labute approximate surface area is 108 Å². The maximum absolute atomic E-state index is 11.7. The van der Waals surface area contributed by atoms with Crippen molar-refractivity contribution in [2.24, 2.45) is 5.92 Å². The molecule has 0 saturated heterocycles. The predicted octanol–water partition coefficient (Wildman–Crippen LogP) is 2.43. The fourth-order valence-electron chi connectivity index (χ4n) is 1.85. The standard InChI is InChI=1S/C14H23NO3/c1-4-11(5-2)9-13(16)15-10-14(3,17)12-7-6-8-18-12/h6-8,11,17H,4-5,9-10H2,1-3H3,(H,15,16). The molecule has 102 valence electrons. The molecular formula is C14H23NO3. The van der Waals surface area contributed by atoms with Crippen LogP contribution in [0.15, 0.2) is 22.8 Å². The number of nitrogens with one attached hydrogen (secondary N) is 1. The minimum atomic E-state index is -1.16. The Morgan fingerprint density at radius 3 is 2.67 bits per heavy atom. The molecule has 0 aliphatic rings. The highest BCUT2D eigenvalue weighted by molar-refractivity contribution is 5.76. The number of aliphatic hydroxyl groups is 1. The van der Waals surface area contributed by atoms with E-state index in [4.69, 9.17) is 4.42 Å². The lowest BCUT2D eigenvalue weighted by molar-refractivity contribution is -0.123. The summed E-state index contributed by atoms with van der Waals surface area (Å²) in [6.07, 6.45) is 4.02. The van der Waals surface area contributed by atoms with Crippen molar-refractivity contribution in [3.8, 4) is 0 Å². The van der Waals surface area contributed by atoms with Crippen LogP contribution in [0, 0.1) is 5.92 Å². The zero-order valence-corrected chi connectivity index (χ0v) is 11.4. The highest BCUT2D eigenvalue weighted by Crippen LogP contribution is 2.20. The lowest BCUT2D eigenvalue weighted by Crippen LogP contribution is -2.38. The molecule has 0 aliphatic carbocycles. The third-order valence-electron chi connectivity index (χ3n) is 3.31. The summed E-state index contributed by atoms with van der Waals surface area (Å²) >= 11 is 0. The lowest BCUT2D eigenvalue weighted by Gasteiger charge is -2.22. The summed E-state index contributed by atoms with van der Waals surface area (Å²) < 4.78 is 5.15. The van der Waals surface area contributed by atoms with Gasteiger partial charge in [0.2, 0.25) is 5.91 Å². The van der Waals surface area contributed by atoms with Crippen LogP contribution in [0.3, 0.4) is 0 Å². The van der Waals surface area contributed by atoms with Crippen LogP contribution in [0.4, 0.5) is 0 Å². The molecule has 1 heterocycles. The molecule has 0 fully saturated rings. The van der Waals surface area contributed by atoms with Crippen molar-refractivity contribution in [2.75, 3.05) is 6.54 Å². The smallest absolute Gasteiger partial charge is 0.220 e. The normalized spacial score (nSPS) is 14.5. The predicted molar refractivity (Wildman–Crippen MR) is 70.0 cm³/mol. The van der Waals surface area contributed by atoms with E-state index in [9.17, 15) is 9.90 Å². The van der Waals surface area contributed by atoms with Gasteiger partial charge in [0.25, 0.3) is 0 Å². The molecule has 0 aromatic carbocycles. The van der Waals surface area contributed by atoms with Crippen LogP contribution >= 0.6 is 0 Å². The van der Waals surface area contributed by atoms with E-state index in [2.05, 4.69) is 19.2 Å². The van der Waals surface area contributed by atoms with Crippen LogP contribution in [0.5, 0.6) is 0 Å². The van der Waals surface area contributed by atoms with Crippen molar-refractivity contribution in [2.45, 2.75) is 45.6 Å². The van der Waals surface area contributed by atoms with Crippen molar-refractivity contribution in [3.05, 3.63) is 24.2 Å². The van der Waals surface area contributed by atoms with E-state index in [0.717, 1.165) is 12.8 Å². The molecule has 0 radical (unpaired) electrons. The maximum atomic E-state index is 11.7. The molecule has 1 aromatic heterocycles. The maximum Gasteiger partial charge on any atom is 0.220 e. The second-order valence-electron chi connectivity index (χ2n) is 4.91. The first kappa shape index (κ1) is 14.8. The van der Waals surface area contributed by atoms with E-state index in [1.54, 1.807) is 19.1 Å². The third-order valence-corrected chi connectivity index (χ3v) is 3.31. The topological polar surface area (TPSA) is 62.5 Å². The quantitative estimate of drug-likeness (QED) is 0.784. The summed E-state index contributed by atoms with van der Waals surface area (Å²) in [5.41, 5.74) is -1.16. The summed E-state index contributed by atoms with van der Waals surface area (Å²) in [4.78, 5) is 11.7. The van der Waals surface area contributed by atoms with Crippen LogP contribution in [-0.2, 0) is 10.4 Å². The molecule has 18 heavy (non-hydrogen) atoms. The van der Waals surface area contributed by atoms with Gasteiger partial charge >= 0.3 is 0 Å². The number of rotatable bonds is 7. The van der Waals surface area contributed by atoms with Gasteiger partial charge in [-0.05, 0) is 25.0 Å². The SMILES string of the molecule is CCC(CC)CC(=O)NCC(C)(O)c1ccco1. The largest absolute Gasteiger partial charge is 0.466 e. The summed E-state index contributed by atoms with van der Waals surface area (Å²) in [6.45, 7) is 5.96. The molecule has 1 rings (SSSR count). The van der Waals surface area contributed by atoms with Crippen LogP contribution < -0.4 is 5.32 Å². The third kappa shape index (κ3) is 4.18. The Hall–Kier alpha value is -1.29. The van der Waals surface area contributed by atoms with Gasteiger partial charge in [0, 0.05) is 6.42 Å². The minimum absolute atomic E-state index is 0.0180. The zero-order valence-electron chi connectivity index (χ0n) is 11.4. The fraction of sp³-hybridized carbons (Fsp3) is 0.643. The van der Waals surface area contributed by atoms with Gasteiger partial charge in [-0.3, -0.25) is 4.79 Å². The molecule has 1 aromatic rings. The molecule has 4 nitrogen and oxygen atoms in total. The van der Waals surface area contributed by atoms with E-state index < -0.39 is 5.60 Å². The molecule has 0 spiro atoms. The first-order valence-corrected chi connectivity index (χ1v) is 6.52. The molecule has 0 saturated carbocycles. The number of amides is 1. The molecule has 0 bridgehead atoms. The van der Waals surface area contributed by atoms with Crippen molar-refractivity contribution in [1.82, 2.24) is 5.32 Å². The number of carbonyl (C=O) groups excluding carboxylic acids is 1. The van der Waals surface area contributed by atoms with Gasteiger partial charge in [-0.15, -0.1) is 0 Å². The van der Waals surface area contributed by atoms with Crippen LogP contribution in [-0.4, -0.2) is 17.6 Å². The van der Waals surface area contributed by atoms with Gasteiger partial charge in [0.05, 0.1) is 12.8 Å². The summed E-state index contributed by atoms with van der Waals surface area (Å²) in [6, 6.07) is 3.42. The van der Waals surface area contributed by atoms with Gasteiger partial charge in [-0.1, -0.05) is 26.7 Å². The molecular weight excluding hydrogens is 230 g/mol. The van der Waals surface area contributed by atoms with Crippen LogP contribution in [0.2, 0.25) is 0 Å². The number of furan rings is 1. The second-order valence-corrected chi connectivity index (χ2v) is 4.91. The van der Waals surface area contributed by atoms with Crippen molar-refractivity contribution >= 4 is 5.91 Å². The van der Waals surface area contributed by atoms with E-state index in [0.29, 0.717) is 18.1 Å². The molecule has 1 atom stereocenters. The van der Waals surface area contributed by atoms with Crippen molar-refractivity contribution in [3.63, 3.8) is 0 Å². The Kier molecular flexibility index (Phi) is 5.41. The molecule has 2 N–H and O–H groups in total. The van der Waals surface area contributed by atoms with Crippen LogP contribution in [0.1, 0.15) is 45.8 Å². The molecule has 0 aliphatic heterocycles. The van der Waals surface area contributed by atoms with Crippen molar-refractivity contribution in [1.29, 1.82) is 0 Å². The number of hydrogen-bond acceptors (Lipinski definition) is 3. The number of carbonyl (C=O) groups is 1. The van der Waals surface area contributed by atoms with Crippen LogP contribution in [0.25, 0.3) is 0 Å². The monoisotopic (exact) mass is 253 g/mol. The van der Waals surface area contributed by atoms with E-state index in [1.165, 1.54) is 6.26 Å². The first-order valence-electron chi connectivity index (χ1n) is 6.52. The van der Waals surface area contributed by atoms with Gasteiger partial charge in [-0.25, -0.2) is 0 Å². The number of hydrogen-bond donors (Lipinski definition) is 2. The van der Waals surface area contributed by atoms with E-state index in [1.807, 2.05) is 0 Å². The minimum Gasteiger partial charge on any atom is -0.466 e. The molecule has 4 heteroatoms. The summed E-state index contributed by atoms with van der Waals surface area (Å²) in [7, 11) is 0. The second kappa shape index (κ2) is 6.59. The summed E-state index contributed by atoms with van der Waals surface area (Å²) in [5.74, 6) is 0.861. The lowest BCUT2D eigenvalue weighted by atomic mass is 9.98. The van der Waals surface area contributed by atoms with Crippen molar-refractivity contribution < 1.29 is 14.3 Å². The average Bonchev–Trinajstić information content (AvgIpc) is 2.88. The van der Waals surface area contributed by atoms with E-state index in [-0.39, 0.29) is 12.5 Å². The molecule has 1 unspecified atom stereocenters. The Bertz CT molecular complexity index is 353. The average molecular weight is 253 g/mol. The van der Waals surface area contributed by atoms with E-state index >= 15 is 0 Å². The molecule has 1 amide bonds. The fourth-order valence-corrected chi connectivity index (χ4v) is 1.85. The summed E-state index contributed by atoms with van der Waals surface area (Å²) in [5, 5.41) is 12.9. The first-order chi connectivity index (χ1) is 8.49. The van der Waals surface area contributed by atoms with Gasteiger partial charge in [0.15, 0.2) is 0 Å².